The molecule has 0 bridgehead atoms. The average Bonchev–Trinajstić information content (AvgIpc) is 2.68. The molecule has 2 aromatic rings. The standard InChI is InChI=1S/C10H12N4/c11-12-6-9-7-13-14(8-9)10-4-2-1-3-5-10/h1-5,7-8,12H,6,11H2. The van der Waals surface area contributed by atoms with Gasteiger partial charge in [-0.15, -0.1) is 0 Å². The largest absolute Gasteiger partial charge is 0.271 e. The van der Waals surface area contributed by atoms with Crippen molar-refractivity contribution in [3.05, 3.63) is 48.3 Å². The second-order valence-electron chi connectivity index (χ2n) is 3.01. The summed E-state index contributed by atoms with van der Waals surface area (Å²) in [6.07, 6.45) is 3.75. The van der Waals surface area contributed by atoms with Crippen molar-refractivity contribution in [2.75, 3.05) is 0 Å². The van der Waals surface area contributed by atoms with E-state index in [0.717, 1.165) is 11.3 Å². The molecule has 0 amide bonds. The smallest absolute Gasteiger partial charge is 0.0645 e. The van der Waals surface area contributed by atoms with Gasteiger partial charge in [0, 0.05) is 18.3 Å². The molecule has 2 rings (SSSR count). The summed E-state index contributed by atoms with van der Waals surface area (Å²) < 4.78 is 1.83. The van der Waals surface area contributed by atoms with Crippen molar-refractivity contribution in [2.24, 2.45) is 5.84 Å². The Bertz CT molecular complexity index is 394. The van der Waals surface area contributed by atoms with E-state index in [1.807, 2.05) is 41.2 Å². The normalized spacial score (nSPS) is 10.4. The van der Waals surface area contributed by atoms with Crippen LogP contribution in [-0.4, -0.2) is 9.78 Å². The summed E-state index contributed by atoms with van der Waals surface area (Å²) in [5.41, 5.74) is 4.71. The zero-order valence-corrected chi connectivity index (χ0v) is 7.72. The van der Waals surface area contributed by atoms with Gasteiger partial charge < -0.3 is 0 Å². The van der Waals surface area contributed by atoms with Crippen molar-refractivity contribution in [1.29, 1.82) is 0 Å². The van der Waals surface area contributed by atoms with Crippen LogP contribution in [0.3, 0.4) is 0 Å². The van der Waals surface area contributed by atoms with Crippen molar-refractivity contribution in [3.63, 3.8) is 0 Å². The first-order valence-electron chi connectivity index (χ1n) is 4.42. The van der Waals surface area contributed by atoms with E-state index in [2.05, 4.69) is 10.5 Å². The van der Waals surface area contributed by atoms with Crippen molar-refractivity contribution < 1.29 is 0 Å². The highest BCUT2D eigenvalue weighted by atomic mass is 15.3. The lowest BCUT2D eigenvalue weighted by Gasteiger charge is -1.98. The SMILES string of the molecule is NNCc1cnn(-c2ccccc2)c1. The van der Waals surface area contributed by atoms with E-state index in [9.17, 15) is 0 Å². The molecule has 0 spiro atoms. The van der Waals surface area contributed by atoms with E-state index in [0.29, 0.717) is 6.54 Å². The molecule has 0 saturated carbocycles. The van der Waals surface area contributed by atoms with Gasteiger partial charge in [-0.25, -0.2) is 4.68 Å². The number of rotatable bonds is 3. The summed E-state index contributed by atoms with van der Waals surface area (Å²) in [4.78, 5) is 0. The lowest BCUT2D eigenvalue weighted by atomic mass is 10.3. The molecule has 0 aliphatic rings. The van der Waals surface area contributed by atoms with Gasteiger partial charge in [0.25, 0.3) is 0 Å². The maximum Gasteiger partial charge on any atom is 0.0645 e. The van der Waals surface area contributed by atoms with Crippen LogP contribution in [0.25, 0.3) is 5.69 Å². The molecule has 1 aromatic heterocycles. The van der Waals surface area contributed by atoms with Crippen molar-refractivity contribution >= 4 is 0 Å². The molecule has 0 fully saturated rings. The average molecular weight is 188 g/mol. The number of nitrogens with one attached hydrogen (secondary N) is 1. The summed E-state index contributed by atoms with van der Waals surface area (Å²) in [5.74, 6) is 5.22. The first kappa shape index (κ1) is 8.93. The highest BCUT2D eigenvalue weighted by Crippen LogP contribution is 2.06. The van der Waals surface area contributed by atoms with Crippen LogP contribution in [0.15, 0.2) is 42.7 Å². The second-order valence-corrected chi connectivity index (χ2v) is 3.01. The molecule has 0 aliphatic carbocycles. The van der Waals surface area contributed by atoms with Gasteiger partial charge in [-0.1, -0.05) is 18.2 Å². The zero-order chi connectivity index (χ0) is 9.80. The van der Waals surface area contributed by atoms with Crippen LogP contribution < -0.4 is 11.3 Å². The second kappa shape index (κ2) is 4.04. The van der Waals surface area contributed by atoms with Crippen LogP contribution in [0.5, 0.6) is 0 Å². The van der Waals surface area contributed by atoms with Crippen LogP contribution in [0.1, 0.15) is 5.56 Å². The first-order valence-corrected chi connectivity index (χ1v) is 4.42. The van der Waals surface area contributed by atoms with Crippen molar-refractivity contribution in [1.82, 2.24) is 15.2 Å². The Balaban J connectivity index is 2.25. The third kappa shape index (κ3) is 1.81. The molecule has 0 radical (unpaired) electrons. The maximum absolute atomic E-state index is 5.22. The summed E-state index contributed by atoms with van der Waals surface area (Å²) in [7, 11) is 0. The third-order valence-electron chi connectivity index (χ3n) is 1.96. The molecular weight excluding hydrogens is 176 g/mol. The van der Waals surface area contributed by atoms with Crippen molar-refractivity contribution in [3.8, 4) is 5.69 Å². The predicted molar refractivity (Wildman–Crippen MR) is 54.6 cm³/mol. The zero-order valence-electron chi connectivity index (χ0n) is 7.72. The Morgan fingerprint density at radius 2 is 2.07 bits per heavy atom. The van der Waals surface area contributed by atoms with Gasteiger partial charge in [0.1, 0.15) is 0 Å². The van der Waals surface area contributed by atoms with E-state index < -0.39 is 0 Å². The number of para-hydroxylation sites is 1. The quantitative estimate of drug-likeness (QED) is 0.554. The summed E-state index contributed by atoms with van der Waals surface area (Å²) in [6.45, 7) is 0.632. The molecule has 1 heterocycles. The highest BCUT2D eigenvalue weighted by Gasteiger charge is 1.98. The van der Waals surface area contributed by atoms with Crippen molar-refractivity contribution in [2.45, 2.75) is 6.54 Å². The molecule has 1 aromatic carbocycles. The summed E-state index contributed by atoms with van der Waals surface area (Å²) in [5, 5.41) is 4.23. The van der Waals surface area contributed by atoms with Crippen LogP contribution in [0, 0.1) is 0 Å². The Morgan fingerprint density at radius 1 is 1.29 bits per heavy atom. The van der Waals surface area contributed by atoms with E-state index in [4.69, 9.17) is 5.84 Å². The fourth-order valence-electron chi connectivity index (χ4n) is 1.29. The number of aromatic nitrogens is 2. The minimum atomic E-state index is 0.632. The summed E-state index contributed by atoms with van der Waals surface area (Å²) in [6, 6.07) is 9.96. The predicted octanol–water partition coefficient (Wildman–Crippen LogP) is 0.836. The lowest BCUT2D eigenvalue weighted by Crippen LogP contribution is -2.20. The molecule has 72 valence electrons. The number of nitrogens with two attached hydrogens (primary N) is 1. The number of benzene rings is 1. The van der Waals surface area contributed by atoms with Gasteiger partial charge in [-0.2, -0.15) is 5.10 Å². The van der Waals surface area contributed by atoms with Crippen LogP contribution in [0.4, 0.5) is 0 Å². The topological polar surface area (TPSA) is 55.9 Å². The fourth-order valence-corrected chi connectivity index (χ4v) is 1.29. The van der Waals surface area contributed by atoms with E-state index in [-0.39, 0.29) is 0 Å². The highest BCUT2D eigenvalue weighted by molar-refractivity contribution is 5.30. The lowest BCUT2D eigenvalue weighted by molar-refractivity contribution is 0.741. The third-order valence-corrected chi connectivity index (χ3v) is 1.96. The monoisotopic (exact) mass is 188 g/mol. The Morgan fingerprint density at radius 3 is 2.79 bits per heavy atom. The maximum atomic E-state index is 5.22. The van der Waals surface area contributed by atoms with E-state index in [1.165, 1.54) is 0 Å². The molecule has 4 heteroatoms. The van der Waals surface area contributed by atoms with E-state index >= 15 is 0 Å². The van der Waals surface area contributed by atoms with Gasteiger partial charge in [-0.05, 0) is 12.1 Å². The number of hydrazine groups is 1. The van der Waals surface area contributed by atoms with Crippen LogP contribution >= 0.6 is 0 Å². The molecule has 0 aliphatic heterocycles. The minimum absolute atomic E-state index is 0.632. The van der Waals surface area contributed by atoms with Crippen LogP contribution in [0.2, 0.25) is 0 Å². The van der Waals surface area contributed by atoms with Gasteiger partial charge >= 0.3 is 0 Å². The Hall–Kier alpha value is -1.65. The number of hydrogen-bond donors (Lipinski definition) is 2. The molecule has 3 N–H and O–H groups in total. The minimum Gasteiger partial charge on any atom is -0.271 e. The van der Waals surface area contributed by atoms with Gasteiger partial charge in [0.2, 0.25) is 0 Å². The van der Waals surface area contributed by atoms with E-state index in [1.54, 1.807) is 6.20 Å². The molecule has 14 heavy (non-hydrogen) atoms. The fraction of sp³-hybridized carbons (Fsp3) is 0.100. The molecule has 0 atom stereocenters. The Kier molecular flexibility index (Phi) is 2.58. The summed E-state index contributed by atoms with van der Waals surface area (Å²) >= 11 is 0. The molecule has 0 unspecified atom stereocenters. The van der Waals surface area contributed by atoms with Gasteiger partial charge in [0.05, 0.1) is 11.9 Å². The molecule has 4 nitrogen and oxygen atoms in total. The number of nitrogens with zero attached hydrogens (tertiary/aromatic N) is 2. The molecular formula is C10H12N4. The van der Waals surface area contributed by atoms with Gasteiger partial charge in [0.15, 0.2) is 0 Å². The number of hydrogen-bond acceptors (Lipinski definition) is 3. The van der Waals surface area contributed by atoms with Crippen LogP contribution in [-0.2, 0) is 6.54 Å². The van der Waals surface area contributed by atoms with Gasteiger partial charge in [-0.3, -0.25) is 11.3 Å². The molecule has 0 saturated heterocycles. The Labute approximate surface area is 82.3 Å². The first-order chi connectivity index (χ1) is 6.90.